The zero-order valence-corrected chi connectivity index (χ0v) is 21.3. The van der Waals surface area contributed by atoms with Gasteiger partial charge in [0, 0.05) is 36.3 Å². The molecule has 2 aromatic heterocycles. The molecule has 1 N–H and O–H groups in total. The summed E-state index contributed by atoms with van der Waals surface area (Å²) in [6, 6.07) is 4.48. The molecule has 1 fully saturated rings. The lowest BCUT2D eigenvalue weighted by Crippen LogP contribution is -2.58. The minimum absolute atomic E-state index is 0.0156. The number of hydrazine groups is 1. The number of fused-ring (bicyclic) bond motifs is 4. The molecule has 3 aromatic rings. The maximum absolute atomic E-state index is 13.1. The van der Waals surface area contributed by atoms with Crippen LogP contribution in [-0.2, 0) is 24.2 Å². The molecule has 1 aromatic carbocycles. The van der Waals surface area contributed by atoms with Crippen LogP contribution in [0.15, 0.2) is 30.6 Å². The number of carbonyl (C=O) groups is 4. The smallest absolute Gasteiger partial charge is 0.295 e. The van der Waals surface area contributed by atoms with Crippen molar-refractivity contribution in [1.29, 1.82) is 0 Å². The lowest BCUT2D eigenvalue weighted by Gasteiger charge is -2.32. The summed E-state index contributed by atoms with van der Waals surface area (Å²) in [5.74, 6) is -1.52. The van der Waals surface area contributed by atoms with Gasteiger partial charge in [-0.3, -0.25) is 24.6 Å². The molecule has 3 aliphatic heterocycles. The van der Waals surface area contributed by atoms with Crippen molar-refractivity contribution < 1.29 is 19.2 Å². The van der Waals surface area contributed by atoms with Crippen LogP contribution in [-0.4, -0.2) is 68.3 Å². The van der Waals surface area contributed by atoms with E-state index in [1.165, 1.54) is 27.8 Å². The SMILES string of the molecule is O=C1CCN(N2C(=O)c3ccc(CN4CC=C(c5ncnc6sc7c(c56)CCC7)CC4)cc3C2=O)C(=O)N1. The highest BCUT2D eigenvalue weighted by Gasteiger charge is 2.43. The van der Waals surface area contributed by atoms with E-state index in [0.717, 1.165) is 58.5 Å². The van der Waals surface area contributed by atoms with Gasteiger partial charge in [0.15, 0.2) is 0 Å². The van der Waals surface area contributed by atoms with Crippen molar-refractivity contribution >= 4 is 50.9 Å². The van der Waals surface area contributed by atoms with E-state index in [2.05, 4.69) is 26.3 Å². The van der Waals surface area contributed by atoms with E-state index in [1.807, 2.05) is 6.07 Å². The Kier molecular flexibility index (Phi) is 5.38. The van der Waals surface area contributed by atoms with Gasteiger partial charge in [-0.05, 0) is 54.5 Å². The van der Waals surface area contributed by atoms with Gasteiger partial charge in [0.05, 0.1) is 23.4 Å². The molecule has 11 heteroatoms. The zero-order valence-electron chi connectivity index (χ0n) is 20.5. The van der Waals surface area contributed by atoms with Gasteiger partial charge >= 0.3 is 6.03 Å². The van der Waals surface area contributed by atoms with Crippen molar-refractivity contribution in [1.82, 2.24) is 30.2 Å². The largest absolute Gasteiger partial charge is 0.343 e. The van der Waals surface area contributed by atoms with Crippen LogP contribution in [0.4, 0.5) is 4.79 Å². The zero-order chi connectivity index (χ0) is 26.0. The van der Waals surface area contributed by atoms with Crippen molar-refractivity contribution in [2.24, 2.45) is 0 Å². The minimum atomic E-state index is -0.764. The molecular weight excluding hydrogens is 504 g/mol. The second-order valence-electron chi connectivity index (χ2n) is 10.0. The maximum atomic E-state index is 13.1. The van der Waals surface area contributed by atoms with E-state index in [1.54, 1.807) is 29.8 Å². The first kappa shape index (κ1) is 23.2. The highest BCUT2D eigenvalue weighted by atomic mass is 32.1. The number of aromatic nitrogens is 2. The van der Waals surface area contributed by atoms with Gasteiger partial charge in [-0.15, -0.1) is 11.3 Å². The Morgan fingerprint density at radius 1 is 0.947 bits per heavy atom. The summed E-state index contributed by atoms with van der Waals surface area (Å²) in [7, 11) is 0. The molecule has 5 heterocycles. The number of nitrogens with one attached hydrogen (secondary N) is 1. The topological polar surface area (TPSA) is 116 Å². The monoisotopic (exact) mass is 528 g/mol. The molecule has 7 rings (SSSR count). The van der Waals surface area contributed by atoms with Gasteiger partial charge in [0.1, 0.15) is 11.2 Å². The Morgan fingerprint density at radius 3 is 2.63 bits per heavy atom. The second-order valence-corrected chi connectivity index (χ2v) is 11.1. The summed E-state index contributed by atoms with van der Waals surface area (Å²) >= 11 is 1.80. The van der Waals surface area contributed by atoms with Gasteiger partial charge in [-0.25, -0.2) is 19.8 Å². The normalized spacial score (nSPS) is 19.7. The molecule has 5 amide bonds. The molecular formula is C27H24N6O4S. The van der Waals surface area contributed by atoms with Crippen molar-refractivity contribution in [3.05, 3.63) is 63.4 Å². The van der Waals surface area contributed by atoms with Crippen LogP contribution >= 0.6 is 11.3 Å². The van der Waals surface area contributed by atoms with Crippen LogP contribution in [0.25, 0.3) is 15.8 Å². The third kappa shape index (κ3) is 3.64. The Bertz CT molecular complexity index is 1590. The van der Waals surface area contributed by atoms with Gasteiger partial charge in [0.25, 0.3) is 11.8 Å². The summed E-state index contributed by atoms with van der Waals surface area (Å²) in [5.41, 5.74) is 5.22. The number of rotatable bonds is 4. The average Bonchev–Trinajstić information content (AvgIpc) is 3.57. The Balaban J connectivity index is 1.08. The number of thiophene rings is 1. The third-order valence-corrected chi connectivity index (χ3v) is 8.91. The highest BCUT2D eigenvalue weighted by Crippen LogP contribution is 2.40. The number of urea groups is 1. The van der Waals surface area contributed by atoms with E-state index >= 15 is 0 Å². The van der Waals surface area contributed by atoms with Gasteiger partial charge in [-0.1, -0.05) is 12.1 Å². The van der Waals surface area contributed by atoms with Crippen LogP contribution in [0.5, 0.6) is 0 Å². The first-order valence-corrected chi connectivity index (χ1v) is 13.6. The molecule has 0 unspecified atom stereocenters. The minimum Gasteiger partial charge on any atom is -0.295 e. The highest BCUT2D eigenvalue weighted by molar-refractivity contribution is 7.18. The van der Waals surface area contributed by atoms with Crippen molar-refractivity contribution in [3.63, 3.8) is 0 Å². The first-order chi connectivity index (χ1) is 18.5. The fraction of sp³-hybridized carbons (Fsp3) is 0.333. The second kappa shape index (κ2) is 8.81. The number of hydrogen-bond acceptors (Lipinski definition) is 8. The fourth-order valence-corrected chi connectivity index (χ4v) is 7.07. The standard InChI is InChI=1S/C27H24N6O4S/c34-21-8-11-32(27(37)30-21)33-25(35)17-5-4-15(12-19(17)26(33)36)13-31-9-6-16(7-10-31)23-22-18-2-1-3-20(18)38-24(22)29-14-28-23/h4-6,12,14H,1-3,7-11,13H2,(H,30,34,37). The van der Waals surface area contributed by atoms with E-state index in [0.29, 0.717) is 6.54 Å². The predicted octanol–water partition coefficient (Wildman–Crippen LogP) is 2.92. The maximum Gasteiger partial charge on any atom is 0.343 e. The number of aryl methyl sites for hydroxylation is 2. The number of carbonyl (C=O) groups excluding carboxylic acids is 4. The van der Waals surface area contributed by atoms with Crippen LogP contribution in [0.2, 0.25) is 0 Å². The van der Waals surface area contributed by atoms with Crippen molar-refractivity contribution in [2.45, 2.75) is 38.6 Å². The predicted molar refractivity (Wildman–Crippen MR) is 139 cm³/mol. The molecule has 192 valence electrons. The van der Waals surface area contributed by atoms with Crippen LogP contribution in [0.1, 0.15) is 61.7 Å². The molecule has 0 bridgehead atoms. The number of amides is 5. The molecule has 4 aliphatic rings. The van der Waals surface area contributed by atoms with Crippen LogP contribution in [0, 0.1) is 0 Å². The first-order valence-electron chi connectivity index (χ1n) is 12.8. The Hall–Kier alpha value is -3.96. The summed E-state index contributed by atoms with van der Waals surface area (Å²) in [5, 5.41) is 5.25. The quantitative estimate of drug-likeness (QED) is 0.518. The molecule has 0 saturated carbocycles. The van der Waals surface area contributed by atoms with E-state index in [9.17, 15) is 19.2 Å². The molecule has 0 spiro atoms. The van der Waals surface area contributed by atoms with E-state index in [4.69, 9.17) is 0 Å². The third-order valence-electron chi connectivity index (χ3n) is 7.71. The molecule has 1 saturated heterocycles. The Morgan fingerprint density at radius 2 is 1.82 bits per heavy atom. The molecule has 38 heavy (non-hydrogen) atoms. The Labute approximate surface area is 221 Å². The number of imide groups is 2. The van der Waals surface area contributed by atoms with Crippen LogP contribution < -0.4 is 5.32 Å². The van der Waals surface area contributed by atoms with Crippen molar-refractivity contribution in [3.8, 4) is 0 Å². The lowest BCUT2D eigenvalue weighted by molar-refractivity contribution is -0.122. The van der Waals surface area contributed by atoms with Gasteiger partial charge in [0.2, 0.25) is 5.91 Å². The summed E-state index contributed by atoms with van der Waals surface area (Å²) in [6.45, 7) is 2.22. The molecule has 10 nitrogen and oxygen atoms in total. The van der Waals surface area contributed by atoms with E-state index in [-0.39, 0.29) is 24.1 Å². The van der Waals surface area contributed by atoms with Crippen LogP contribution in [0.3, 0.4) is 0 Å². The summed E-state index contributed by atoms with van der Waals surface area (Å²) in [4.78, 5) is 63.8. The lowest BCUT2D eigenvalue weighted by atomic mass is 9.99. The molecule has 1 aliphatic carbocycles. The van der Waals surface area contributed by atoms with Crippen molar-refractivity contribution in [2.75, 3.05) is 19.6 Å². The summed E-state index contributed by atoms with van der Waals surface area (Å²) in [6.07, 6.45) is 8.26. The molecule has 0 radical (unpaired) electrons. The number of benzene rings is 1. The number of nitrogens with zero attached hydrogens (tertiary/aromatic N) is 5. The number of hydrogen-bond donors (Lipinski definition) is 1. The summed E-state index contributed by atoms with van der Waals surface area (Å²) < 4.78 is 0. The van der Waals surface area contributed by atoms with E-state index < -0.39 is 23.8 Å². The molecule has 0 atom stereocenters. The van der Waals surface area contributed by atoms with Gasteiger partial charge < -0.3 is 0 Å². The fourth-order valence-electron chi connectivity index (χ4n) is 5.84. The average molecular weight is 529 g/mol. The van der Waals surface area contributed by atoms with Gasteiger partial charge in [-0.2, -0.15) is 5.01 Å².